The molecule has 1 aromatic rings. The highest BCUT2D eigenvalue weighted by molar-refractivity contribution is 8.03. The lowest BCUT2D eigenvalue weighted by atomic mass is 9.97. The summed E-state index contributed by atoms with van der Waals surface area (Å²) in [6.07, 6.45) is 11.5. The number of unbranched alkanes of at least 4 members (excludes halogenated alkanes) is 1. The van der Waals surface area contributed by atoms with Crippen molar-refractivity contribution >= 4 is 20.0 Å². The third kappa shape index (κ3) is 4.82. The number of ether oxygens (including phenoxy) is 1. The number of nitrogens with zero attached hydrogens (tertiary/aromatic N) is 1. The molecule has 28 heavy (non-hydrogen) atoms. The van der Waals surface area contributed by atoms with Gasteiger partial charge in [-0.05, 0) is 56.2 Å². The van der Waals surface area contributed by atoms with Crippen LogP contribution in [0.15, 0.2) is 46.1 Å². The number of thioether (sulfide) groups is 1. The molecule has 0 aliphatic carbocycles. The lowest BCUT2D eigenvalue weighted by Crippen LogP contribution is -2.65. The SMILES string of the molecule is CC=C(CCCC)SC1CC=C[N+](CC)(O[PH](=O)O)C1(OC)c1ccco1.[OH-]. The average Bonchev–Trinajstić information content (AvgIpc) is 3.19. The zero-order chi connectivity index (χ0) is 19.9. The third-order valence-electron chi connectivity index (χ3n) is 4.98. The van der Waals surface area contributed by atoms with Crippen molar-refractivity contribution in [3.05, 3.63) is 47.4 Å². The number of quaternary nitrogens is 1. The lowest BCUT2D eigenvalue weighted by Gasteiger charge is -2.49. The molecule has 1 aromatic heterocycles. The molecule has 0 fully saturated rings. The molecule has 2 N–H and O–H groups in total. The summed E-state index contributed by atoms with van der Waals surface area (Å²) in [5.74, 6) is 0.586. The smallest absolute Gasteiger partial charge is 0.369 e. The van der Waals surface area contributed by atoms with Crippen LogP contribution in [0.4, 0.5) is 0 Å². The molecular formula is C19H32NO6PS. The highest BCUT2D eigenvalue weighted by Gasteiger charge is 2.64. The maximum atomic E-state index is 11.7. The quantitative estimate of drug-likeness (QED) is 0.402. The maximum absolute atomic E-state index is 11.7. The summed E-state index contributed by atoms with van der Waals surface area (Å²) in [7, 11) is -1.61. The molecule has 4 unspecified atom stereocenters. The van der Waals surface area contributed by atoms with Crippen LogP contribution in [0.2, 0.25) is 0 Å². The van der Waals surface area contributed by atoms with Crippen LogP contribution in [-0.2, 0) is 19.7 Å². The molecule has 0 aromatic carbocycles. The number of hydrogen-bond acceptors (Lipinski definition) is 6. The van der Waals surface area contributed by atoms with Gasteiger partial charge in [-0.15, -0.1) is 21.0 Å². The predicted molar refractivity (Wildman–Crippen MR) is 111 cm³/mol. The van der Waals surface area contributed by atoms with Gasteiger partial charge in [0.05, 0.1) is 6.26 Å². The van der Waals surface area contributed by atoms with Crippen molar-refractivity contribution in [2.24, 2.45) is 0 Å². The molecule has 0 amide bonds. The van der Waals surface area contributed by atoms with Crippen LogP contribution < -0.4 is 0 Å². The van der Waals surface area contributed by atoms with Crippen LogP contribution in [-0.4, -0.2) is 33.9 Å². The highest BCUT2D eigenvalue weighted by atomic mass is 32.2. The average molecular weight is 434 g/mol. The van der Waals surface area contributed by atoms with Gasteiger partial charge in [-0.2, -0.15) is 0 Å². The fourth-order valence-corrected chi connectivity index (χ4v) is 5.78. The standard InChI is InChI=1S/C19H30NO5PS.H2O/c1-5-8-11-16(6-2)27-18-13-9-14-20(7-3,25-26(21)22)19(18,23-4)17-12-10-15-24-17;/h6,9-10,12,14-15,18,26H,5,7-8,11,13H2,1-4H3;1H2. The van der Waals surface area contributed by atoms with Crippen molar-refractivity contribution in [1.82, 2.24) is 0 Å². The summed E-state index contributed by atoms with van der Waals surface area (Å²) in [5.41, 5.74) is -1.07. The molecule has 0 radical (unpaired) electrons. The Morgan fingerprint density at radius 2 is 2.29 bits per heavy atom. The van der Waals surface area contributed by atoms with E-state index in [4.69, 9.17) is 13.8 Å². The van der Waals surface area contributed by atoms with E-state index in [9.17, 15) is 9.46 Å². The van der Waals surface area contributed by atoms with Gasteiger partial charge in [0.1, 0.15) is 18.0 Å². The van der Waals surface area contributed by atoms with Gasteiger partial charge in [-0.1, -0.05) is 19.4 Å². The second kappa shape index (κ2) is 11.4. The summed E-state index contributed by atoms with van der Waals surface area (Å²) in [4.78, 5) is 10.9. The Bertz CT molecular complexity index is 680. The van der Waals surface area contributed by atoms with E-state index in [0.29, 0.717) is 12.3 Å². The molecule has 1 aliphatic rings. The van der Waals surface area contributed by atoms with E-state index < -0.39 is 14.0 Å². The highest BCUT2D eigenvalue weighted by Crippen LogP contribution is 2.53. The minimum Gasteiger partial charge on any atom is -0.870 e. The molecular weight excluding hydrogens is 401 g/mol. The maximum Gasteiger partial charge on any atom is 0.369 e. The van der Waals surface area contributed by atoms with Gasteiger partial charge < -0.3 is 19.5 Å². The number of rotatable bonds is 10. The zero-order valence-corrected chi connectivity index (χ0v) is 18.8. The molecule has 1 aliphatic heterocycles. The topological polar surface area (TPSA) is 98.9 Å². The molecule has 0 saturated heterocycles. The molecule has 4 atom stereocenters. The summed E-state index contributed by atoms with van der Waals surface area (Å²) in [5, 5.41) is -0.0805. The van der Waals surface area contributed by atoms with Gasteiger partial charge in [-0.25, -0.2) is 0 Å². The van der Waals surface area contributed by atoms with Gasteiger partial charge in [0, 0.05) is 7.11 Å². The Labute approximate surface area is 172 Å². The Hall–Kier alpha value is -0.860. The van der Waals surface area contributed by atoms with Crippen molar-refractivity contribution in [3.63, 3.8) is 0 Å². The Morgan fingerprint density at radius 3 is 2.79 bits per heavy atom. The van der Waals surface area contributed by atoms with Crippen molar-refractivity contribution in [2.45, 2.75) is 57.4 Å². The number of methoxy groups -OCH3 is 1. The molecule has 0 spiro atoms. The number of allylic oxidation sites excluding steroid dienone is 3. The monoisotopic (exact) mass is 433 g/mol. The number of hydrogen-bond donors (Lipinski definition) is 1. The number of furan rings is 1. The first-order valence-electron chi connectivity index (χ1n) is 9.38. The molecule has 0 saturated carbocycles. The van der Waals surface area contributed by atoms with Gasteiger partial charge in [0.2, 0.25) is 0 Å². The van der Waals surface area contributed by atoms with Crippen LogP contribution in [0.5, 0.6) is 0 Å². The first kappa shape index (κ1) is 25.2. The molecule has 9 heteroatoms. The minimum absolute atomic E-state index is 0. The van der Waals surface area contributed by atoms with Crippen LogP contribution in [0.1, 0.15) is 52.2 Å². The largest absolute Gasteiger partial charge is 0.870 e. The van der Waals surface area contributed by atoms with Gasteiger partial charge in [0.15, 0.2) is 5.76 Å². The second-order valence-electron chi connectivity index (χ2n) is 6.43. The van der Waals surface area contributed by atoms with Crippen molar-refractivity contribution in [1.29, 1.82) is 0 Å². The summed E-state index contributed by atoms with van der Waals surface area (Å²) >= 11 is 1.74. The van der Waals surface area contributed by atoms with Gasteiger partial charge in [-0.3, -0.25) is 4.57 Å². The zero-order valence-electron chi connectivity index (χ0n) is 17.0. The predicted octanol–water partition coefficient (Wildman–Crippen LogP) is 5.17. The summed E-state index contributed by atoms with van der Waals surface area (Å²) in [6.45, 7) is 6.55. The second-order valence-corrected chi connectivity index (χ2v) is 8.48. The minimum atomic E-state index is -3.22. The molecule has 0 bridgehead atoms. The van der Waals surface area contributed by atoms with Crippen LogP contribution >= 0.6 is 20.0 Å². The van der Waals surface area contributed by atoms with Crippen molar-refractivity contribution in [2.75, 3.05) is 13.7 Å². The normalized spacial score (nSPS) is 28.8. The van der Waals surface area contributed by atoms with Gasteiger partial charge in [0.25, 0.3) is 0 Å². The Balaban J connectivity index is 0.00000392. The van der Waals surface area contributed by atoms with Crippen LogP contribution in [0, 0.1) is 0 Å². The Morgan fingerprint density at radius 1 is 1.54 bits per heavy atom. The van der Waals surface area contributed by atoms with E-state index in [1.54, 1.807) is 31.2 Å². The van der Waals surface area contributed by atoms with Crippen LogP contribution in [0.3, 0.4) is 0 Å². The van der Waals surface area contributed by atoms with Gasteiger partial charge >= 0.3 is 14.0 Å². The molecule has 7 nitrogen and oxygen atoms in total. The van der Waals surface area contributed by atoms with E-state index >= 15 is 0 Å². The lowest BCUT2D eigenvalue weighted by molar-refractivity contribution is -1.11. The van der Waals surface area contributed by atoms with E-state index in [1.807, 2.05) is 32.2 Å². The fourth-order valence-electron chi connectivity index (χ4n) is 3.66. The van der Waals surface area contributed by atoms with Crippen LogP contribution in [0.25, 0.3) is 0 Å². The van der Waals surface area contributed by atoms with Crippen molar-refractivity contribution in [3.8, 4) is 0 Å². The Kier molecular flexibility index (Phi) is 10.2. The molecule has 160 valence electrons. The summed E-state index contributed by atoms with van der Waals surface area (Å²) in [6, 6.07) is 3.65. The van der Waals surface area contributed by atoms with E-state index in [-0.39, 0.29) is 15.4 Å². The summed E-state index contributed by atoms with van der Waals surface area (Å²) < 4.78 is 29.0. The first-order chi connectivity index (χ1) is 13.0. The van der Waals surface area contributed by atoms with E-state index in [0.717, 1.165) is 25.7 Å². The van der Waals surface area contributed by atoms with E-state index in [1.165, 1.54) is 4.91 Å². The van der Waals surface area contributed by atoms with Crippen molar-refractivity contribution < 1.29 is 33.4 Å². The number of hydroxylamine groups is 3. The fraction of sp³-hybridized carbons (Fsp3) is 0.579. The third-order valence-corrected chi connectivity index (χ3v) is 7.00. The molecule has 2 heterocycles. The van der Waals surface area contributed by atoms with E-state index in [2.05, 4.69) is 13.0 Å². The first-order valence-corrected chi connectivity index (χ1v) is 11.5. The molecule has 2 rings (SSSR count).